The summed E-state index contributed by atoms with van der Waals surface area (Å²) in [6.45, 7) is 0. The van der Waals surface area contributed by atoms with Gasteiger partial charge < -0.3 is 14.6 Å². The van der Waals surface area contributed by atoms with Crippen molar-refractivity contribution in [1.29, 1.82) is 0 Å². The Kier molecular flexibility index (Phi) is 4.75. The molecule has 0 spiro atoms. The molecule has 0 radical (unpaired) electrons. The predicted molar refractivity (Wildman–Crippen MR) is 74.6 cm³/mol. The molecule has 0 aliphatic carbocycles. The van der Waals surface area contributed by atoms with Crippen molar-refractivity contribution in [2.45, 2.75) is 12.5 Å². The maximum absolute atomic E-state index is 13.2. The lowest BCUT2D eigenvalue weighted by Gasteiger charge is -2.16. The SMILES string of the molecule is COc1ccc(C(O)Cc2ccc(F)c(F)c2)c(OC)c1. The van der Waals surface area contributed by atoms with Gasteiger partial charge in [0, 0.05) is 18.1 Å². The van der Waals surface area contributed by atoms with Crippen molar-refractivity contribution in [3.05, 3.63) is 59.2 Å². The summed E-state index contributed by atoms with van der Waals surface area (Å²) in [6.07, 6.45) is -0.740. The average Bonchev–Trinajstić information content (AvgIpc) is 2.50. The lowest BCUT2D eigenvalue weighted by molar-refractivity contribution is 0.173. The lowest BCUT2D eigenvalue weighted by Crippen LogP contribution is -2.05. The summed E-state index contributed by atoms with van der Waals surface area (Å²) < 4.78 is 36.4. The number of benzene rings is 2. The first-order chi connectivity index (χ1) is 10.0. The van der Waals surface area contributed by atoms with Crippen LogP contribution in [0, 0.1) is 11.6 Å². The third-order valence-corrected chi connectivity index (χ3v) is 3.21. The van der Waals surface area contributed by atoms with Crippen LogP contribution in [-0.2, 0) is 6.42 Å². The van der Waals surface area contributed by atoms with Gasteiger partial charge in [-0.05, 0) is 29.8 Å². The average molecular weight is 294 g/mol. The highest BCUT2D eigenvalue weighted by Crippen LogP contribution is 2.31. The molecule has 1 N–H and O–H groups in total. The first-order valence-electron chi connectivity index (χ1n) is 6.39. The predicted octanol–water partition coefficient (Wildman–Crippen LogP) is 3.26. The van der Waals surface area contributed by atoms with Crippen molar-refractivity contribution in [1.82, 2.24) is 0 Å². The van der Waals surface area contributed by atoms with Crippen LogP contribution in [0.25, 0.3) is 0 Å². The third kappa shape index (κ3) is 3.49. The molecule has 112 valence electrons. The number of aliphatic hydroxyl groups is 1. The molecule has 2 rings (SSSR count). The molecule has 0 bridgehead atoms. The first kappa shape index (κ1) is 15.3. The molecule has 0 fully saturated rings. The Labute approximate surface area is 121 Å². The minimum absolute atomic E-state index is 0.153. The summed E-state index contributed by atoms with van der Waals surface area (Å²) >= 11 is 0. The molecule has 1 atom stereocenters. The van der Waals surface area contributed by atoms with Crippen LogP contribution < -0.4 is 9.47 Å². The maximum Gasteiger partial charge on any atom is 0.159 e. The molecule has 0 heterocycles. The second-order valence-electron chi connectivity index (χ2n) is 4.58. The normalized spacial score (nSPS) is 12.0. The fraction of sp³-hybridized carbons (Fsp3) is 0.250. The van der Waals surface area contributed by atoms with Gasteiger partial charge in [-0.25, -0.2) is 8.78 Å². The standard InChI is InChI=1S/C16H16F2O3/c1-20-11-4-5-12(16(9-11)21-2)15(19)8-10-3-6-13(17)14(18)7-10/h3-7,9,15,19H,8H2,1-2H3. The molecule has 1 unspecified atom stereocenters. The zero-order valence-corrected chi connectivity index (χ0v) is 11.8. The quantitative estimate of drug-likeness (QED) is 0.920. The summed E-state index contributed by atoms with van der Waals surface area (Å²) in [7, 11) is 3.02. The van der Waals surface area contributed by atoms with Crippen LogP contribution in [0.2, 0.25) is 0 Å². The van der Waals surface area contributed by atoms with Crippen molar-refractivity contribution in [3.8, 4) is 11.5 Å². The first-order valence-corrected chi connectivity index (χ1v) is 6.39. The van der Waals surface area contributed by atoms with Crippen molar-refractivity contribution in [2.75, 3.05) is 14.2 Å². The van der Waals surface area contributed by atoms with Crippen LogP contribution in [0.15, 0.2) is 36.4 Å². The largest absolute Gasteiger partial charge is 0.497 e. The van der Waals surface area contributed by atoms with Gasteiger partial charge >= 0.3 is 0 Å². The highest BCUT2D eigenvalue weighted by Gasteiger charge is 2.15. The molecule has 2 aromatic carbocycles. The van der Waals surface area contributed by atoms with Gasteiger partial charge in [0.15, 0.2) is 11.6 Å². The Morgan fingerprint density at radius 3 is 2.38 bits per heavy atom. The Morgan fingerprint density at radius 2 is 1.76 bits per heavy atom. The third-order valence-electron chi connectivity index (χ3n) is 3.21. The fourth-order valence-corrected chi connectivity index (χ4v) is 2.09. The van der Waals surface area contributed by atoms with E-state index >= 15 is 0 Å². The number of halogens is 2. The van der Waals surface area contributed by atoms with Gasteiger partial charge in [-0.15, -0.1) is 0 Å². The van der Waals surface area contributed by atoms with Crippen LogP contribution in [0.3, 0.4) is 0 Å². The van der Waals surface area contributed by atoms with Crippen LogP contribution in [-0.4, -0.2) is 19.3 Å². The van der Waals surface area contributed by atoms with Crippen LogP contribution in [0.4, 0.5) is 8.78 Å². The van der Waals surface area contributed by atoms with Crippen molar-refractivity contribution in [2.24, 2.45) is 0 Å². The molecular formula is C16H16F2O3. The molecule has 0 aliphatic rings. The molecule has 0 saturated heterocycles. The zero-order valence-electron chi connectivity index (χ0n) is 11.8. The van der Waals surface area contributed by atoms with E-state index in [1.54, 1.807) is 18.2 Å². The minimum atomic E-state index is -0.929. The van der Waals surface area contributed by atoms with E-state index in [0.29, 0.717) is 22.6 Å². The second kappa shape index (κ2) is 6.54. The monoisotopic (exact) mass is 294 g/mol. The topological polar surface area (TPSA) is 38.7 Å². The Balaban J connectivity index is 2.23. The van der Waals surface area contributed by atoms with Gasteiger partial charge in [-0.3, -0.25) is 0 Å². The van der Waals surface area contributed by atoms with Crippen LogP contribution in [0.1, 0.15) is 17.2 Å². The van der Waals surface area contributed by atoms with Gasteiger partial charge in [-0.2, -0.15) is 0 Å². The van der Waals surface area contributed by atoms with E-state index in [1.807, 2.05) is 0 Å². The maximum atomic E-state index is 13.2. The summed E-state index contributed by atoms with van der Waals surface area (Å²) in [5, 5.41) is 10.3. The Hall–Kier alpha value is -2.14. The number of hydrogen-bond acceptors (Lipinski definition) is 3. The Bertz CT molecular complexity index is 629. The minimum Gasteiger partial charge on any atom is -0.497 e. The molecule has 0 aromatic heterocycles. The Morgan fingerprint density at radius 1 is 1.00 bits per heavy atom. The van der Waals surface area contributed by atoms with E-state index in [2.05, 4.69) is 0 Å². The zero-order chi connectivity index (χ0) is 15.4. The van der Waals surface area contributed by atoms with E-state index in [4.69, 9.17) is 9.47 Å². The van der Waals surface area contributed by atoms with Gasteiger partial charge in [0.2, 0.25) is 0 Å². The summed E-state index contributed by atoms with van der Waals surface area (Å²) in [6, 6.07) is 8.60. The van der Waals surface area contributed by atoms with Crippen LogP contribution in [0.5, 0.6) is 11.5 Å². The highest BCUT2D eigenvalue weighted by atomic mass is 19.2. The molecule has 0 amide bonds. The summed E-state index contributed by atoms with van der Waals surface area (Å²) in [5.74, 6) is -0.753. The van der Waals surface area contributed by atoms with Gasteiger partial charge in [0.25, 0.3) is 0 Å². The van der Waals surface area contributed by atoms with Crippen molar-refractivity contribution in [3.63, 3.8) is 0 Å². The highest BCUT2D eigenvalue weighted by molar-refractivity contribution is 5.42. The van der Waals surface area contributed by atoms with E-state index in [-0.39, 0.29) is 6.42 Å². The number of aliphatic hydroxyl groups excluding tert-OH is 1. The number of rotatable bonds is 5. The number of ether oxygens (including phenoxy) is 2. The van der Waals surface area contributed by atoms with Crippen molar-refractivity contribution >= 4 is 0 Å². The van der Waals surface area contributed by atoms with Gasteiger partial charge in [0.1, 0.15) is 11.5 Å². The van der Waals surface area contributed by atoms with Crippen LogP contribution >= 0.6 is 0 Å². The lowest BCUT2D eigenvalue weighted by atomic mass is 10.0. The molecule has 5 heteroatoms. The van der Waals surface area contributed by atoms with E-state index in [1.165, 1.54) is 20.3 Å². The molecule has 2 aromatic rings. The summed E-state index contributed by atoms with van der Waals surface area (Å²) in [5.41, 5.74) is 1.06. The number of methoxy groups -OCH3 is 2. The van der Waals surface area contributed by atoms with Gasteiger partial charge in [-0.1, -0.05) is 6.07 Å². The van der Waals surface area contributed by atoms with E-state index in [0.717, 1.165) is 12.1 Å². The summed E-state index contributed by atoms with van der Waals surface area (Å²) in [4.78, 5) is 0. The smallest absolute Gasteiger partial charge is 0.159 e. The molecule has 3 nitrogen and oxygen atoms in total. The fourth-order valence-electron chi connectivity index (χ4n) is 2.09. The second-order valence-corrected chi connectivity index (χ2v) is 4.58. The van der Waals surface area contributed by atoms with E-state index < -0.39 is 17.7 Å². The molecule has 0 saturated carbocycles. The number of hydrogen-bond donors (Lipinski definition) is 1. The van der Waals surface area contributed by atoms with Gasteiger partial charge in [0.05, 0.1) is 20.3 Å². The molecule has 0 aliphatic heterocycles. The van der Waals surface area contributed by atoms with E-state index in [9.17, 15) is 13.9 Å². The molecule has 21 heavy (non-hydrogen) atoms. The van der Waals surface area contributed by atoms with Crippen molar-refractivity contribution < 1.29 is 23.4 Å². The molecular weight excluding hydrogens is 278 g/mol.